The molecule has 0 saturated heterocycles. The fourth-order valence-corrected chi connectivity index (χ4v) is 2.18. The lowest BCUT2D eigenvalue weighted by Gasteiger charge is -2.03. The molecule has 0 aliphatic heterocycles. The van der Waals surface area contributed by atoms with Gasteiger partial charge in [0.1, 0.15) is 11.5 Å². The molecule has 0 unspecified atom stereocenters. The van der Waals surface area contributed by atoms with E-state index < -0.39 is 5.82 Å². The molecule has 0 aromatic carbocycles. The van der Waals surface area contributed by atoms with Crippen LogP contribution in [0.5, 0.6) is 0 Å². The third-order valence-electron chi connectivity index (χ3n) is 2.71. The Bertz CT molecular complexity index is 802. The molecule has 0 aliphatic carbocycles. The first kappa shape index (κ1) is 12.7. The first-order chi connectivity index (χ1) is 9.63. The Kier molecular flexibility index (Phi) is 3.19. The van der Waals surface area contributed by atoms with Crippen LogP contribution in [0.1, 0.15) is 10.4 Å². The highest BCUT2D eigenvalue weighted by Crippen LogP contribution is 2.21. The highest BCUT2D eigenvalue weighted by atomic mass is 79.9. The molecule has 0 spiro atoms. The summed E-state index contributed by atoms with van der Waals surface area (Å²) in [6.45, 7) is 0. The Hall–Kier alpha value is -2.28. The van der Waals surface area contributed by atoms with Gasteiger partial charge in [0, 0.05) is 28.3 Å². The van der Waals surface area contributed by atoms with Crippen LogP contribution in [0.25, 0.3) is 11.0 Å². The summed E-state index contributed by atoms with van der Waals surface area (Å²) in [4.78, 5) is 22.9. The standard InChI is InChI=1S/C13H8BrFN4O/c14-7-1-10-11(6-18-12(10)17-3-7)13(20)19-9-2-8(15)4-16-5-9/h1-6H,(H,17,18)(H,19,20). The molecular formula is C13H8BrFN4O. The number of carbonyl (C=O) groups is 1. The zero-order chi connectivity index (χ0) is 14.1. The van der Waals surface area contributed by atoms with Crippen molar-refractivity contribution in [3.05, 3.63) is 52.8 Å². The summed E-state index contributed by atoms with van der Waals surface area (Å²) >= 11 is 3.31. The maximum atomic E-state index is 13.0. The van der Waals surface area contributed by atoms with Gasteiger partial charge in [0.15, 0.2) is 0 Å². The minimum atomic E-state index is -0.508. The number of nitrogens with one attached hydrogen (secondary N) is 2. The highest BCUT2D eigenvalue weighted by Gasteiger charge is 2.13. The molecule has 1 amide bonds. The molecule has 100 valence electrons. The number of fused-ring (bicyclic) bond motifs is 1. The molecule has 0 saturated carbocycles. The number of amides is 1. The fraction of sp³-hybridized carbons (Fsp3) is 0. The molecule has 0 fully saturated rings. The zero-order valence-electron chi connectivity index (χ0n) is 10.0. The van der Waals surface area contributed by atoms with Crippen molar-refractivity contribution in [2.75, 3.05) is 5.32 Å². The molecule has 3 aromatic heterocycles. The lowest BCUT2D eigenvalue weighted by Crippen LogP contribution is -2.11. The largest absolute Gasteiger partial charge is 0.345 e. The summed E-state index contributed by atoms with van der Waals surface area (Å²) in [6.07, 6.45) is 5.65. The van der Waals surface area contributed by atoms with Gasteiger partial charge in [-0.15, -0.1) is 0 Å². The lowest BCUT2D eigenvalue weighted by atomic mass is 10.2. The van der Waals surface area contributed by atoms with Crippen LogP contribution < -0.4 is 5.32 Å². The topological polar surface area (TPSA) is 70.7 Å². The van der Waals surface area contributed by atoms with Crippen molar-refractivity contribution in [1.82, 2.24) is 15.0 Å². The number of rotatable bonds is 2. The van der Waals surface area contributed by atoms with Crippen LogP contribution in [-0.2, 0) is 0 Å². The van der Waals surface area contributed by atoms with E-state index in [1.807, 2.05) is 0 Å². The highest BCUT2D eigenvalue weighted by molar-refractivity contribution is 9.10. The van der Waals surface area contributed by atoms with Gasteiger partial charge >= 0.3 is 0 Å². The Balaban J connectivity index is 1.94. The molecule has 0 atom stereocenters. The second kappa shape index (κ2) is 5.01. The number of anilines is 1. The van der Waals surface area contributed by atoms with Crippen molar-refractivity contribution in [2.24, 2.45) is 0 Å². The first-order valence-electron chi connectivity index (χ1n) is 5.68. The van der Waals surface area contributed by atoms with Crippen LogP contribution in [0.2, 0.25) is 0 Å². The minimum absolute atomic E-state index is 0.298. The number of hydrogen-bond acceptors (Lipinski definition) is 3. The van der Waals surface area contributed by atoms with Crippen LogP contribution in [-0.4, -0.2) is 20.9 Å². The van der Waals surface area contributed by atoms with Gasteiger partial charge in [0.2, 0.25) is 0 Å². The van der Waals surface area contributed by atoms with E-state index >= 15 is 0 Å². The molecule has 2 N–H and O–H groups in total. The van der Waals surface area contributed by atoms with E-state index in [9.17, 15) is 9.18 Å². The summed E-state index contributed by atoms with van der Waals surface area (Å²) in [7, 11) is 0. The van der Waals surface area contributed by atoms with Crippen LogP contribution >= 0.6 is 15.9 Å². The fourth-order valence-electron chi connectivity index (χ4n) is 1.84. The van der Waals surface area contributed by atoms with Crippen LogP contribution in [0.15, 0.2) is 41.4 Å². The van der Waals surface area contributed by atoms with E-state index in [1.54, 1.807) is 18.5 Å². The van der Waals surface area contributed by atoms with Crippen molar-refractivity contribution in [3.63, 3.8) is 0 Å². The molecule has 0 aliphatic rings. The predicted molar refractivity (Wildman–Crippen MR) is 75.9 cm³/mol. The number of aromatic amines is 1. The van der Waals surface area contributed by atoms with E-state index in [0.717, 1.165) is 10.7 Å². The van der Waals surface area contributed by atoms with Crippen molar-refractivity contribution in [3.8, 4) is 0 Å². The van der Waals surface area contributed by atoms with E-state index in [1.165, 1.54) is 12.3 Å². The van der Waals surface area contributed by atoms with Gasteiger partial charge in [-0.2, -0.15) is 0 Å². The number of halogens is 2. The number of H-pyrrole nitrogens is 1. The van der Waals surface area contributed by atoms with Gasteiger partial charge in [-0.25, -0.2) is 9.37 Å². The normalized spacial score (nSPS) is 10.7. The van der Waals surface area contributed by atoms with Crippen LogP contribution in [0.3, 0.4) is 0 Å². The Morgan fingerprint density at radius 3 is 2.95 bits per heavy atom. The van der Waals surface area contributed by atoms with Gasteiger partial charge in [-0.05, 0) is 22.0 Å². The van der Waals surface area contributed by atoms with Crippen molar-refractivity contribution < 1.29 is 9.18 Å². The zero-order valence-corrected chi connectivity index (χ0v) is 11.6. The molecule has 20 heavy (non-hydrogen) atoms. The molecule has 3 rings (SSSR count). The quantitative estimate of drug-likeness (QED) is 0.756. The average Bonchev–Trinajstić information content (AvgIpc) is 2.81. The Labute approximate surface area is 121 Å². The van der Waals surface area contributed by atoms with Crippen molar-refractivity contribution >= 4 is 38.6 Å². The van der Waals surface area contributed by atoms with Gasteiger partial charge < -0.3 is 10.3 Å². The summed E-state index contributed by atoms with van der Waals surface area (Å²) < 4.78 is 13.8. The monoisotopic (exact) mass is 334 g/mol. The van der Waals surface area contributed by atoms with Crippen LogP contribution in [0.4, 0.5) is 10.1 Å². The first-order valence-corrected chi connectivity index (χ1v) is 6.47. The maximum absolute atomic E-state index is 13.0. The van der Waals surface area contributed by atoms with Gasteiger partial charge in [0.25, 0.3) is 5.91 Å². The lowest BCUT2D eigenvalue weighted by molar-refractivity contribution is 0.102. The van der Waals surface area contributed by atoms with Gasteiger partial charge in [-0.3, -0.25) is 9.78 Å². The summed E-state index contributed by atoms with van der Waals surface area (Å²) in [6, 6.07) is 2.99. The van der Waals surface area contributed by atoms with E-state index in [4.69, 9.17) is 0 Å². The number of nitrogens with zero attached hydrogens (tertiary/aromatic N) is 2. The summed E-state index contributed by atoms with van der Waals surface area (Å²) in [5.41, 5.74) is 1.33. The number of carbonyl (C=O) groups excluding carboxylic acids is 1. The van der Waals surface area contributed by atoms with Crippen LogP contribution in [0, 0.1) is 5.82 Å². The smallest absolute Gasteiger partial charge is 0.257 e. The van der Waals surface area contributed by atoms with Crippen molar-refractivity contribution in [1.29, 1.82) is 0 Å². The van der Waals surface area contributed by atoms with E-state index in [0.29, 0.717) is 22.3 Å². The predicted octanol–water partition coefficient (Wildman–Crippen LogP) is 3.11. The summed E-state index contributed by atoms with van der Waals surface area (Å²) in [5, 5.41) is 3.27. The van der Waals surface area contributed by atoms with Gasteiger partial charge in [0.05, 0.1) is 23.6 Å². The second-order valence-corrected chi connectivity index (χ2v) is 5.01. The Morgan fingerprint density at radius 2 is 2.15 bits per heavy atom. The molecule has 3 aromatic rings. The third kappa shape index (κ3) is 2.39. The molecule has 5 nitrogen and oxygen atoms in total. The molecule has 7 heteroatoms. The number of hydrogen-bond donors (Lipinski definition) is 2. The molecule has 0 bridgehead atoms. The van der Waals surface area contributed by atoms with E-state index in [2.05, 4.69) is 36.2 Å². The summed E-state index contributed by atoms with van der Waals surface area (Å²) in [5.74, 6) is -0.866. The second-order valence-electron chi connectivity index (χ2n) is 4.10. The molecule has 0 radical (unpaired) electrons. The molecule has 3 heterocycles. The van der Waals surface area contributed by atoms with Gasteiger partial charge in [-0.1, -0.05) is 0 Å². The van der Waals surface area contributed by atoms with E-state index in [-0.39, 0.29) is 5.91 Å². The minimum Gasteiger partial charge on any atom is -0.345 e. The van der Waals surface area contributed by atoms with Crippen molar-refractivity contribution in [2.45, 2.75) is 0 Å². The number of pyridine rings is 2. The Morgan fingerprint density at radius 1 is 1.30 bits per heavy atom. The third-order valence-corrected chi connectivity index (χ3v) is 3.14. The number of aromatic nitrogens is 3. The maximum Gasteiger partial charge on any atom is 0.257 e. The molecular weight excluding hydrogens is 327 g/mol. The SMILES string of the molecule is O=C(Nc1cncc(F)c1)c1c[nH]c2ncc(Br)cc12. The average molecular weight is 335 g/mol.